The highest BCUT2D eigenvalue weighted by molar-refractivity contribution is 6.28. The van der Waals surface area contributed by atoms with Crippen molar-refractivity contribution in [3.8, 4) is 0 Å². The molecule has 22 heavy (non-hydrogen) atoms. The Morgan fingerprint density at radius 3 is 2.50 bits per heavy atom. The molecule has 110 valence electrons. The quantitative estimate of drug-likeness (QED) is 0.596. The zero-order valence-corrected chi connectivity index (χ0v) is 12.6. The molecule has 0 saturated carbocycles. The Kier molecular flexibility index (Phi) is 3.89. The summed E-state index contributed by atoms with van der Waals surface area (Å²) in [5.41, 5.74) is 4.07. The lowest BCUT2D eigenvalue weighted by Crippen LogP contribution is -2.40. The van der Waals surface area contributed by atoms with Gasteiger partial charge in [0.1, 0.15) is 0 Å². The summed E-state index contributed by atoms with van der Waals surface area (Å²) in [7, 11) is 1.71. The van der Waals surface area contributed by atoms with Crippen LogP contribution in [0.4, 0.5) is 5.82 Å². The van der Waals surface area contributed by atoms with Gasteiger partial charge in [-0.2, -0.15) is 4.98 Å². The zero-order chi connectivity index (χ0) is 15.5. The van der Waals surface area contributed by atoms with Crippen LogP contribution in [-0.2, 0) is 0 Å². The number of benzene rings is 2. The number of nitrogens with zero attached hydrogens (tertiary/aromatic N) is 3. The number of anilines is 1. The van der Waals surface area contributed by atoms with Crippen molar-refractivity contribution in [3.05, 3.63) is 65.4 Å². The van der Waals surface area contributed by atoms with Crippen LogP contribution in [0.15, 0.2) is 54.6 Å². The minimum Gasteiger partial charge on any atom is -0.271 e. The molecule has 0 bridgehead atoms. The SMILES string of the molecule is CN(NC(=O)c1ccccc1)c1nc(Cl)nc2ccccc12. The van der Waals surface area contributed by atoms with Crippen LogP contribution in [0, 0.1) is 0 Å². The summed E-state index contributed by atoms with van der Waals surface area (Å²) < 4.78 is 0. The van der Waals surface area contributed by atoms with E-state index >= 15 is 0 Å². The van der Waals surface area contributed by atoms with Crippen LogP contribution in [0.1, 0.15) is 10.4 Å². The van der Waals surface area contributed by atoms with Crippen LogP contribution in [0.5, 0.6) is 0 Å². The van der Waals surface area contributed by atoms with E-state index in [1.54, 1.807) is 24.2 Å². The summed E-state index contributed by atoms with van der Waals surface area (Å²) >= 11 is 5.96. The van der Waals surface area contributed by atoms with Crippen molar-refractivity contribution in [1.82, 2.24) is 15.4 Å². The van der Waals surface area contributed by atoms with Crippen molar-refractivity contribution in [1.29, 1.82) is 0 Å². The second kappa shape index (κ2) is 5.99. The van der Waals surface area contributed by atoms with Crippen molar-refractivity contribution in [2.24, 2.45) is 0 Å². The lowest BCUT2D eigenvalue weighted by atomic mass is 10.2. The number of para-hydroxylation sites is 1. The monoisotopic (exact) mass is 312 g/mol. The molecular formula is C16H13ClN4O. The number of hydrogen-bond acceptors (Lipinski definition) is 4. The molecule has 0 unspecified atom stereocenters. The zero-order valence-electron chi connectivity index (χ0n) is 11.8. The average Bonchev–Trinajstić information content (AvgIpc) is 2.54. The van der Waals surface area contributed by atoms with Crippen molar-refractivity contribution >= 4 is 34.2 Å². The van der Waals surface area contributed by atoms with Gasteiger partial charge in [0.25, 0.3) is 5.91 Å². The van der Waals surface area contributed by atoms with Gasteiger partial charge < -0.3 is 0 Å². The van der Waals surface area contributed by atoms with E-state index in [0.717, 1.165) is 10.9 Å². The van der Waals surface area contributed by atoms with E-state index in [9.17, 15) is 4.79 Å². The van der Waals surface area contributed by atoms with E-state index in [4.69, 9.17) is 11.6 Å². The summed E-state index contributed by atoms with van der Waals surface area (Å²) in [5.74, 6) is 0.321. The van der Waals surface area contributed by atoms with Crippen LogP contribution < -0.4 is 10.4 Å². The number of rotatable bonds is 3. The van der Waals surface area contributed by atoms with Gasteiger partial charge in [0.05, 0.1) is 5.52 Å². The number of hydrogen-bond donors (Lipinski definition) is 1. The first-order valence-corrected chi connectivity index (χ1v) is 7.05. The number of hydrazine groups is 1. The van der Waals surface area contributed by atoms with E-state index < -0.39 is 0 Å². The summed E-state index contributed by atoms with van der Waals surface area (Å²) in [6.07, 6.45) is 0. The normalized spacial score (nSPS) is 10.5. The molecule has 0 fully saturated rings. The number of aromatic nitrogens is 2. The van der Waals surface area contributed by atoms with Crippen LogP contribution in [0.3, 0.4) is 0 Å². The van der Waals surface area contributed by atoms with Gasteiger partial charge in [-0.3, -0.25) is 15.2 Å². The number of carbonyl (C=O) groups is 1. The molecule has 3 rings (SSSR count). The van der Waals surface area contributed by atoms with Gasteiger partial charge in [-0.05, 0) is 35.9 Å². The highest BCUT2D eigenvalue weighted by Crippen LogP contribution is 2.23. The van der Waals surface area contributed by atoms with Gasteiger partial charge in [0.15, 0.2) is 5.82 Å². The van der Waals surface area contributed by atoms with E-state index in [2.05, 4.69) is 15.4 Å². The van der Waals surface area contributed by atoms with Gasteiger partial charge in [0, 0.05) is 18.0 Å². The van der Waals surface area contributed by atoms with Gasteiger partial charge in [-0.1, -0.05) is 30.3 Å². The van der Waals surface area contributed by atoms with Gasteiger partial charge in [-0.15, -0.1) is 0 Å². The Morgan fingerprint density at radius 1 is 1.05 bits per heavy atom. The molecule has 0 aliphatic carbocycles. The van der Waals surface area contributed by atoms with E-state index in [1.165, 1.54) is 0 Å². The standard InChI is InChI=1S/C16H13ClN4O/c1-21(20-15(22)11-7-3-2-4-8-11)14-12-9-5-6-10-13(12)18-16(17)19-14/h2-10H,1H3,(H,20,22). The minimum atomic E-state index is -0.220. The predicted molar refractivity (Wildman–Crippen MR) is 86.9 cm³/mol. The molecule has 0 radical (unpaired) electrons. The van der Waals surface area contributed by atoms with Crippen molar-refractivity contribution in [2.75, 3.05) is 12.1 Å². The first kappa shape index (κ1) is 14.3. The largest absolute Gasteiger partial charge is 0.271 e. The molecule has 6 heteroatoms. The fraction of sp³-hybridized carbons (Fsp3) is 0.0625. The summed E-state index contributed by atoms with van der Waals surface area (Å²) in [5, 5.41) is 2.49. The van der Waals surface area contributed by atoms with Crippen LogP contribution >= 0.6 is 11.6 Å². The highest BCUT2D eigenvalue weighted by Gasteiger charge is 2.13. The molecule has 1 N–H and O–H groups in total. The molecule has 0 aliphatic rings. The topological polar surface area (TPSA) is 58.1 Å². The molecule has 1 amide bonds. The second-order valence-electron chi connectivity index (χ2n) is 4.70. The number of nitrogens with one attached hydrogen (secondary N) is 1. The van der Waals surface area contributed by atoms with Crippen LogP contribution in [0.2, 0.25) is 5.28 Å². The molecule has 2 aromatic carbocycles. The molecule has 0 saturated heterocycles. The number of carbonyl (C=O) groups excluding carboxylic acids is 1. The summed E-state index contributed by atoms with van der Waals surface area (Å²) in [6, 6.07) is 16.5. The number of halogens is 1. The lowest BCUT2D eigenvalue weighted by molar-refractivity contribution is 0.0951. The maximum atomic E-state index is 12.2. The first-order valence-electron chi connectivity index (χ1n) is 6.67. The van der Waals surface area contributed by atoms with Gasteiger partial charge in [-0.25, -0.2) is 4.98 Å². The molecule has 5 nitrogen and oxygen atoms in total. The minimum absolute atomic E-state index is 0.134. The molecule has 1 aromatic heterocycles. The second-order valence-corrected chi connectivity index (χ2v) is 5.04. The smallest absolute Gasteiger partial charge is 0.269 e. The first-order chi connectivity index (χ1) is 10.6. The fourth-order valence-electron chi connectivity index (χ4n) is 2.15. The van der Waals surface area contributed by atoms with Crippen molar-refractivity contribution in [3.63, 3.8) is 0 Å². The van der Waals surface area contributed by atoms with E-state index in [0.29, 0.717) is 11.4 Å². The Bertz CT molecular complexity index is 823. The van der Waals surface area contributed by atoms with E-state index in [-0.39, 0.29) is 11.2 Å². The van der Waals surface area contributed by atoms with Crippen molar-refractivity contribution in [2.45, 2.75) is 0 Å². The Hall–Kier alpha value is -2.66. The van der Waals surface area contributed by atoms with Gasteiger partial charge >= 0.3 is 0 Å². The van der Waals surface area contributed by atoms with Crippen LogP contribution in [0.25, 0.3) is 10.9 Å². The molecule has 1 heterocycles. The maximum Gasteiger partial charge on any atom is 0.269 e. The lowest BCUT2D eigenvalue weighted by Gasteiger charge is -2.20. The molecule has 3 aromatic rings. The van der Waals surface area contributed by atoms with Crippen LogP contribution in [-0.4, -0.2) is 22.9 Å². The summed E-state index contributed by atoms with van der Waals surface area (Å²) in [4.78, 5) is 20.6. The van der Waals surface area contributed by atoms with Crippen molar-refractivity contribution < 1.29 is 4.79 Å². The third-order valence-corrected chi connectivity index (χ3v) is 3.35. The van der Waals surface area contributed by atoms with E-state index in [1.807, 2.05) is 42.5 Å². The number of fused-ring (bicyclic) bond motifs is 1. The third kappa shape index (κ3) is 2.84. The highest BCUT2D eigenvalue weighted by atomic mass is 35.5. The number of amides is 1. The molecular weight excluding hydrogens is 300 g/mol. The maximum absolute atomic E-state index is 12.2. The molecule has 0 atom stereocenters. The molecule has 0 spiro atoms. The Morgan fingerprint density at radius 2 is 1.73 bits per heavy atom. The van der Waals surface area contributed by atoms with Gasteiger partial charge in [0.2, 0.25) is 5.28 Å². The average molecular weight is 313 g/mol. The third-order valence-electron chi connectivity index (χ3n) is 3.18. The predicted octanol–water partition coefficient (Wildman–Crippen LogP) is 3.06. The Labute approximate surface area is 132 Å². The Balaban J connectivity index is 1.92. The fourth-order valence-corrected chi connectivity index (χ4v) is 2.32. The molecule has 0 aliphatic heterocycles. The summed E-state index contributed by atoms with van der Waals surface area (Å²) in [6.45, 7) is 0.